The topological polar surface area (TPSA) is 35.5 Å². The van der Waals surface area contributed by atoms with Crippen molar-refractivity contribution in [1.29, 1.82) is 0 Å². The van der Waals surface area contributed by atoms with Crippen molar-refractivity contribution < 1.29 is 13.6 Å². The van der Waals surface area contributed by atoms with Crippen molar-refractivity contribution in [3.8, 4) is 0 Å². The minimum absolute atomic E-state index is 0.536. The fourth-order valence-electron chi connectivity index (χ4n) is 1.30. The summed E-state index contributed by atoms with van der Waals surface area (Å²) in [5, 5.41) is 0. The molecule has 0 saturated heterocycles. The predicted octanol–water partition coefficient (Wildman–Crippen LogP) is 4.61. The highest BCUT2D eigenvalue weighted by molar-refractivity contribution is 7.53. The minimum atomic E-state index is -2.79. The maximum atomic E-state index is 12.2. The van der Waals surface area contributed by atoms with Crippen LogP contribution in [0.15, 0.2) is 0 Å². The van der Waals surface area contributed by atoms with Gasteiger partial charge in [0.2, 0.25) is 0 Å². The van der Waals surface area contributed by atoms with E-state index in [1.807, 2.05) is 6.92 Å². The molecule has 3 nitrogen and oxygen atoms in total. The van der Waals surface area contributed by atoms with Gasteiger partial charge >= 0.3 is 7.60 Å². The molecular weight excluding hydrogens is 223 g/mol. The van der Waals surface area contributed by atoms with E-state index in [0.29, 0.717) is 19.4 Å². The maximum absolute atomic E-state index is 12.2. The van der Waals surface area contributed by atoms with Gasteiger partial charge in [-0.15, -0.1) is 0 Å². The predicted molar refractivity (Wildman–Crippen MR) is 69.1 cm³/mol. The molecule has 0 heterocycles. The summed E-state index contributed by atoms with van der Waals surface area (Å²) in [6.07, 6.45) is 6.64. The van der Waals surface area contributed by atoms with Crippen LogP contribution in [-0.4, -0.2) is 19.4 Å². The molecule has 4 heteroatoms. The lowest BCUT2D eigenvalue weighted by Crippen LogP contribution is -2.02. The summed E-state index contributed by atoms with van der Waals surface area (Å²) < 4.78 is 23.1. The van der Waals surface area contributed by atoms with E-state index in [1.54, 1.807) is 0 Å². The first-order chi connectivity index (χ1) is 7.68. The molecule has 0 aliphatic rings. The van der Waals surface area contributed by atoms with Crippen molar-refractivity contribution in [3.05, 3.63) is 0 Å². The number of rotatable bonds is 11. The molecule has 1 unspecified atom stereocenters. The van der Waals surface area contributed by atoms with Gasteiger partial charge in [0.15, 0.2) is 0 Å². The average molecular weight is 250 g/mol. The van der Waals surface area contributed by atoms with Crippen molar-refractivity contribution in [1.82, 2.24) is 0 Å². The number of unbranched alkanes of at least 4 members (excludes halogenated alkanes) is 3. The summed E-state index contributed by atoms with van der Waals surface area (Å²) >= 11 is 0. The van der Waals surface area contributed by atoms with Crippen LogP contribution in [0.25, 0.3) is 0 Å². The molecule has 1 atom stereocenters. The Balaban J connectivity index is 3.92. The third-order valence-electron chi connectivity index (χ3n) is 2.31. The lowest BCUT2D eigenvalue weighted by atomic mass is 10.3. The van der Waals surface area contributed by atoms with Gasteiger partial charge in [-0.25, -0.2) is 0 Å². The zero-order chi connectivity index (χ0) is 12.3. The standard InChI is InChI=1S/C12H27O3P/c1-4-7-9-11-15-16(13,12-8-5-2)14-10-6-3/h4-12H2,1-3H3. The monoisotopic (exact) mass is 250 g/mol. The molecule has 0 amide bonds. The summed E-state index contributed by atoms with van der Waals surface area (Å²) in [6, 6.07) is 0. The third-order valence-corrected chi connectivity index (χ3v) is 4.33. The normalized spacial score (nSPS) is 14.9. The van der Waals surface area contributed by atoms with Gasteiger partial charge in [-0.1, -0.05) is 40.0 Å². The number of hydrogen-bond acceptors (Lipinski definition) is 3. The van der Waals surface area contributed by atoms with E-state index >= 15 is 0 Å². The highest BCUT2D eigenvalue weighted by atomic mass is 31.2. The zero-order valence-electron chi connectivity index (χ0n) is 11.0. The summed E-state index contributed by atoms with van der Waals surface area (Å²) in [4.78, 5) is 0. The van der Waals surface area contributed by atoms with Crippen LogP contribution in [0, 0.1) is 0 Å². The fourth-order valence-corrected chi connectivity index (χ4v) is 3.21. The second-order valence-electron chi connectivity index (χ2n) is 4.06. The van der Waals surface area contributed by atoms with Gasteiger partial charge in [0.1, 0.15) is 0 Å². The Morgan fingerprint density at radius 1 is 0.812 bits per heavy atom. The summed E-state index contributed by atoms with van der Waals surface area (Å²) in [5.41, 5.74) is 0. The van der Waals surface area contributed by atoms with E-state index in [1.165, 1.54) is 0 Å². The van der Waals surface area contributed by atoms with Crippen molar-refractivity contribution in [2.75, 3.05) is 19.4 Å². The van der Waals surface area contributed by atoms with Crippen LogP contribution in [0.2, 0.25) is 0 Å². The van der Waals surface area contributed by atoms with Crippen molar-refractivity contribution >= 4 is 7.60 Å². The van der Waals surface area contributed by atoms with Gasteiger partial charge in [-0.2, -0.15) is 0 Å². The second-order valence-corrected chi connectivity index (χ2v) is 6.25. The van der Waals surface area contributed by atoms with Gasteiger partial charge < -0.3 is 9.05 Å². The van der Waals surface area contributed by atoms with Gasteiger partial charge in [-0.05, 0) is 19.3 Å². The van der Waals surface area contributed by atoms with Crippen LogP contribution in [0.5, 0.6) is 0 Å². The van der Waals surface area contributed by atoms with Gasteiger partial charge in [-0.3, -0.25) is 4.57 Å². The van der Waals surface area contributed by atoms with Crippen molar-refractivity contribution in [3.63, 3.8) is 0 Å². The molecule has 0 rings (SSSR count). The smallest absolute Gasteiger partial charge is 0.309 e. The Labute approximate surface area is 100 Å². The molecule has 0 aliphatic heterocycles. The van der Waals surface area contributed by atoms with Crippen LogP contribution in [-0.2, 0) is 13.6 Å². The Morgan fingerprint density at radius 3 is 2.00 bits per heavy atom. The molecule has 16 heavy (non-hydrogen) atoms. The van der Waals surface area contributed by atoms with Gasteiger partial charge in [0.05, 0.1) is 19.4 Å². The van der Waals surface area contributed by atoms with Gasteiger partial charge in [0, 0.05) is 0 Å². The van der Waals surface area contributed by atoms with E-state index in [2.05, 4.69) is 13.8 Å². The maximum Gasteiger partial charge on any atom is 0.330 e. The SMILES string of the molecule is CCCCCOP(=O)(CCCC)OCCC. The Kier molecular flexibility index (Phi) is 10.4. The quantitative estimate of drug-likeness (QED) is 0.396. The van der Waals surface area contributed by atoms with Crippen LogP contribution in [0.3, 0.4) is 0 Å². The first-order valence-corrected chi connectivity index (χ1v) is 8.29. The largest absolute Gasteiger partial charge is 0.330 e. The highest BCUT2D eigenvalue weighted by Crippen LogP contribution is 2.49. The van der Waals surface area contributed by atoms with Crippen molar-refractivity contribution in [2.24, 2.45) is 0 Å². The molecule has 0 bridgehead atoms. The van der Waals surface area contributed by atoms with Crippen LogP contribution < -0.4 is 0 Å². The van der Waals surface area contributed by atoms with Crippen LogP contribution >= 0.6 is 7.60 Å². The fraction of sp³-hybridized carbons (Fsp3) is 1.00. The zero-order valence-corrected chi connectivity index (χ0v) is 11.9. The first-order valence-electron chi connectivity index (χ1n) is 6.56. The molecule has 0 spiro atoms. The van der Waals surface area contributed by atoms with E-state index in [9.17, 15) is 4.57 Å². The van der Waals surface area contributed by atoms with E-state index in [4.69, 9.17) is 9.05 Å². The molecule has 0 aromatic heterocycles. The Morgan fingerprint density at radius 2 is 1.44 bits per heavy atom. The van der Waals surface area contributed by atoms with Crippen molar-refractivity contribution in [2.45, 2.75) is 59.3 Å². The Hall–Kier alpha value is 0.150. The highest BCUT2D eigenvalue weighted by Gasteiger charge is 2.22. The van der Waals surface area contributed by atoms with E-state index in [0.717, 1.165) is 38.5 Å². The van der Waals surface area contributed by atoms with E-state index in [-0.39, 0.29) is 0 Å². The van der Waals surface area contributed by atoms with Crippen LogP contribution in [0.4, 0.5) is 0 Å². The number of hydrogen-bond donors (Lipinski definition) is 0. The molecule has 0 aliphatic carbocycles. The van der Waals surface area contributed by atoms with Crippen LogP contribution in [0.1, 0.15) is 59.3 Å². The molecule has 98 valence electrons. The minimum Gasteiger partial charge on any atom is -0.309 e. The lowest BCUT2D eigenvalue weighted by molar-refractivity contribution is 0.201. The third kappa shape index (κ3) is 8.32. The molecule has 0 radical (unpaired) electrons. The molecule has 0 N–H and O–H groups in total. The van der Waals surface area contributed by atoms with Gasteiger partial charge in [0.25, 0.3) is 0 Å². The molecule has 0 fully saturated rings. The summed E-state index contributed by atoms with van der Waals surface area (Å²) in [5.74, 6) is 0. The van der Waals surface area contributed by atoms with E-state index < -0.39 is 7.60 Å². The Bertz CT molecular complexity index is 183. The summed E-state index contributed by atoms with van der Waals surface area (Å²) in [7, 11) is -2.79. The lowest BCUT2D eigenvalue weighted by Gasteiger charge is -2.18. The second kappa shape index (κ2) is 10.3. The summed E-state index contributed by atoms with van der Waals surface area (Å²) in [6.45, 7) is 7.35. The average Bonchev–Trinajstić information content (AvgIpc) is 2.30. The molecule has 0 aromatic rings. The molecule has 0 saturated carbocycles. The molecular formula is C12H27O3P. The molecule has 0 aromatic carbocycles. The first kappa shape index (κ1) is 16.1.